The average Bonchev–Trinajstić information content (AvgIpc) is 2.71. The lowest BCUT2D eigenvalue weighted by Gasteiger charge is -2.05. The summed E-state index contributed by atoms with van der Waals surface area (Å²) >= 11 is 3.31. The molecule has 0 bridgehead atoms. The molecule has 0 saturated heterocycles. The fraction of sp³-hybridized carbons (Fsp3) is 0.250. The van der Waals surface area contributed by atoms with Gasteiger partial charge in [0.1, 0.15) is 0 Å². The maximum absolute atomic E-state index is 12.5. The van der Waals surface area contributed by atoms with Crippen LogP contribution in [0, 0.1) is 6.92 Å². The molecule has 0 aliphatic rings. The second-order valence-electron chi connectivity index (χ2n) is 3.88. The highest BCUT2D eigenvalue weighted by molar-refractivity contribution is 9.08. The van der Waals surface area contributed by atoms with E-state index in [1.165, 1.54) is 4.68 Å². The Balaban J connectivity index is 2.41. The lowest BCUT2D eigenvalue weighted by Crippen LogP contribution is -2.07. The number of aryl methyl sites for hydroxylation is 1. The van der Waals surface area contributed by atoms with E-state index in [0.717, 1.165) is 11.6 Å². The van der Waals surface area contributed by atoms with Crippen molar-refractivity contribution < 1.29 is 13.2 Å². The van der Waals surface area contributed by atoms with E-state index in [9.17, 15) is 13.2 Å². The van der Waals surface area contributed by atoms with Gasteiger partial charge in [-0.25, -0.2) is 4.68 Å². The molecule has 2 aromatic rings. The summed E-state index contributed by atoms with van der Waals surface area (Å²) in [6.07, 6.45) is -4.41. The van der Waals surface area contributed by atoms with E-state index in [1.807, 2.05) is 12.1 Å². The summed E-state index contributed by atoms with van der Waals surface area (Å²) in [6, 6.07) is 8.23. The molecule has 2 rings (SSSR count). The highest BCUT2D eigenvalue weighted by atomic mass is 79.9. The van der Waals surface area contributed by atoms with Crippen molar-refractivity contribution in [1.29, 1.82) is 0 Å². The van der Waals surface area contributed by atoms with Crippen LogP contribution in [-0.2, 0) is 11.5 Å². The molecule has 0 amide bonds. The number of halogens is 4. The van der Waals surface area contributed by atoms with Gasteiger partial charge in [0.2, 0.25) is 0 Å². The summed E-state index contributed by atoms with van der Waals surface area (Å²) in [5.74, 6) is 0. The van der Waals surface area contributed by atoms with Gasteiger partial charge in [0.25, 0.3) is 0 Å². The summed E-state index contributed by atoms with van der Waals surface area (Å²) in [7, 11) is 0. The highest BCUT2D eigenvalue weighted by Gasteiger charge is 2.34. The van der Waals surface area contributed by atoms with Crippen molar-refractivity contribution in [3.63, 3.8) is 0 Å². The minimum Gasteiger partial charge on any atom is -0.238 e. The van der Waals surface area contributed by atoms with Gasteiger partial charge in [0.15, 0.2) is 5.69 Å². The maximum Gasteiger partial charge on any atom is 0.435 e. The summed E-state index contributed by atoms with van der Waals surface area (Å²) in [6.45, 7) is 1.60. The molecular formula is C12H10BrF3N2. The number of hydrogen-bond donors (Lipinski definition) is 0. The van der Waals surface area contributed by atoms with E-state index in [4.69, 9.17) is 0 Å². The Morgan fingerprint density at radius 2 is 1.83 bits per heavy atom. The van der Waals surface area contributed by atoms with Crippen LogP contribution in [-0.4, -0.2) is 9.78 Å². The summed E-state index contributed by atoms with van der Waals surface area (Å²) in [5, 5.41) is 4.29. The zero-order valence-electron chi connectivity index (χ0n) is 9.50. The second kappa shape index (κ2) is 4.76. The number of nitrogens with zero attached hydrogens (tertiary/aromatic N) is 2. The Labute approximate surface area is 111 Å². The van der Waals surface area contributed by atoms with Crippen LogP contribution in [0.5, 0.6) is 0 Å². The van der Waals surface area contributed by atoms with Crippen LogP contribution < -0.4 is 0 Å². The van der Waals surface area contributed by atoms with E-state index in [2.05, 4.69) is 21.0 Å². The number of rotatable bonds is 2. The molecule has 0 fully saturated rings. The largest absolute Gasteiger partial charge is 0.435 e. The SMILES string of the molecule is Cc1cc(C(F)(F)F)nn1-c1ccc(CBr)cc1. The van der Waals surface area contributed by atoms with E-state index >= 15 is 0 Å². The standard InChI is InChI=1S/C12H10BrF3N2/c1-8-6-11(12(14,15)16)17-18(8)10-4-2-9(7-13)3-5-10/h2-6H,7H2,1H3. The molecule has 1 heterocycles. The van der Waals surface area contributed by atoms with E-state index in [-0.39, 0.29) is 0 Å². The van der Waals surface area contributed by atoms with Crippen molar-refractivity contribution in [3.05, 3.63) is 47.3 Å². The van der Waals surface area contributed by atoms with E-state index in [0.29, 0.717) is 16.7 Å². The molecule has 0 aliphatic heterocycles. The quantitative estimate of drug-likeness (QED) is 0.762. The normalized spacial score (nSPS) is 11.8. The Kier molecular flexibility index (Phi) is 3.47. The molecule has 1 aromatic heterocycles. The highest BCUT2D eigenvalue weighted by Crippen LogP contribution is 2.29. The van der Waals surface area contributed by atoms with Crippen LogP contribution in [0.2, 0.25) is 0 Å². The van der Waals surface area contributed by atoms with Crippen LogP contribution in [0.25, 0.3) is 5.69 Å². The first kappa shape index (κ1) is 13.1. The van der Waals surface area contributed by atoms with E-state index in [1.54, 1.807) is 19.1 Å². The fourth-order valence-corrected chi connectivity index (χ4v) is 1.97. The molecule has 0 radical (unpaired) electrons. The van der Waals surface area contributed by atoms with Crippen molar-refractivity contribution in [1.82, 2.24) is 9.78 Å². The first-order chi connectivity index (χ1) is 8.41. The molecule has 18 heavy (non-hydrogen) atoms. The molecular weight excluding hydrogens is 309 g/mol. The third-order valence-corrected chi connectivity index (χ3v) is 3.16. The molecule has 0 atom stereocenters. The van der Waals surface area contributed by atoms with Crippen molar-refractivity contribution in [2.24, 2.45) is 0 Å². The van der Waals surface area contributed by atoms with E-state index < -0.39 is 11.9 Å². The third-order valence-electron chi connectivity index (χ3n) is 2.51. The van der Waals surface area contributed by atoms with Gasteiger partial charge >= 0.3 is 6.18 Å². The van der Waals surface area contributed by atoms with Gasteiger partial charge in [-0.15, -0.1) is 0 Å². The first-order valence-corrected chi connectivity index (χ1v) is 6.33. The van der Waals surface area contributed by atoms with Crippen molar-refractivity contribution in [2.45, 2.75) is 18.4 Å². The molecule has 6 heteroatoms. The van der Waals surface area contributed by atoms with Crippen LogP contribution >= 0.6 is 15.9 Å². The van der Waals surface area contributed by atoms with Gasteiger partial charge in [-0.05, 0) is 30.7 Å². The van der Waals surface area contributed by atoms with Crippen molar-refractivity contribution in [2.75, 3.05) is 0 Å². The minimum atomic E-state index is -4.41. The first-order valence-electron chi connectivity index (χ1n) is 5.21. The smallest absolute Gasteiger partial charge is 0.238 e. The Morgan fingerprint density at radius 3 is 2.28 bits per heavy atom. The van der Waals surface area contributed by atoms with Crippen LogP contribution in [0.3, 0.4) is 0 Å². The zero-order valence-corrected chi connectivity index (χ0v) is 11.1. The van der Waals surface area contributed by atoms with Gasteiger partial charge < -0.3 is 0 Å². The molecule has 0 saturated carbocycles. The fourth-order valence-electron chi connectivity index (χ4n) is 1.60. The maximum atomic E-state index is 12.5. The van der Waals surface area contributed by atoms with Gasteiger partial charge in [-0.2, -0.15) is 18.3 Å². The van der Waals surface area contributed by atoms with Crippen LogP contribution in [0.4, 0.5) is 13.2 Å². The Bertz CT molecular complexity index is 543. The third kappa shape index (κ3) is 2.58. The topological polar surface area (TPSA) is 17.8 Å². The summed E-state index contributed by atoms with van der Waals surface area (Å²) < 4.78 is 38.9. The minimum absolute atomic E-state index is 0.453. The monoisotopic (exact) mass is 318 g/mol. The van der Waals surface area contributed by atoms with Crippen LogP contribution in [0.15, 0.2) is 30.3 Å². The molecule has 1 aromatic carbocycles. The Morgan fingerprint density at radius 1 is 1.22 bits per heavy atom. The average molecular weight is 319 g/mol. The predicted octanol–water partition coefficient (Wildman–Crippen LogP) is 4.09. The lowest BCUT2D eigenvalue weighted by atomic mass is 10.2. The second-order valence-corrected chi connectivity index (χ2v) is 4.44. The molecule has 0 N–H and O–H groups in total. The molecule has 96 valence electrons. The molecule has 0 unspecified atom stereocenters. The van der Waals surface area contributed by atoms with Crippen molar-refractivity contribution >= 4 is 15.9 Å². The summed E-state index contributed by atoms with van der Waals surface area (Å²) in [5.41, 5.74) is 1.26. The zero-order chi connectivity index (χ0) is 13.3. The predicted molar refractivity (Wildman–Crippen MR) is 65.9 cm³/mol. The lowest BCUT2D eigenvalue weighted by molar-refractivity contribution is -0.141. The van der Waals surface area contributed by atoms with Gasteiger partial charge in [-0.1, -0.05) is 28.1 Å². The number of benzene rings is 1. The number of aromatic nitrogens is 2. The van der Waals surface area contributed by atoms with Crippen molar-refractivity contribution in [3.8, 4) is 5.69 Å². The molecule has 0 spiro atoms. The van der Waals surface area contributed by atoms with Gasteiger partial charge in [0.05, 0.1) is 5.69 Å². The molecule has 2 nitrogen and oxygen atoms in total. The number of alkyl halides is 4. The van der Waals surface area contributed by atoms with Gasteiger partial charge in [0, 0.05) is 11.0 Å². The Hall–Kier alpha value is -1.30. The van der Waals surface area contributed by atoms with Gasteiger partial charge in [-0.3, -0.25) is 0 Å². The number of hydrogen-bond acceptors (Lipinski definition) is 1. The summed E-state index contributed by atoms with van der Waals surface area (Å²) in [4.78, 5) is 0. The van der Waals surface area contributed by atoms with Crippen LogP contribution in [0.1, 0.15) is 17.0 Å². The molecule has 0 aliphatic carbocycles.